The summed E-state index contributed by atoms with van der Waals surface area (Å²) >= 11 is 6.15. The average molecular weight is 325 g/mol. The molecule has 0 saturated heterocycles. The van der Waals surface area contributed by atoms with E-state index in [-0.39, 0.29) is 5.69 Å². The van der Waals surface area contributed by atoms with Gasteiger partial charge in [-0.2, -0.15) is 4.39 Å². The number of aliphatic carboxylic acids is 1. The highest BCUT2D eigenvalue weighted by Crippen LogP contribution is 2.21. The summed E-state index contributed by atoms with van der Waals surface area (Å²) in [4.78, 5) is 14.9. The minimum atomic E-state index is -1.08. The minimum Gasteiger partial charge on any atom is -0.481 e. The van der Waals surface area contributed by atoms with E-state index >= 15 is 0 Å². The molecule has 0 aliphatic heterocycles. The van der Waals surface area contributed by atoms with Gasteiger partial charge in [0.05, 0.1) is 18.7 Å². The Bertz CT molecular complexity index is 670. The van der Waals surface area contributed by atoms with Crippen LogP contribution in [0.4, 0.5) is 4.39 Å². The second kappa shape index (κ2) is 7.40. The molecule has 4 nitrogen and oxygen atoms in total. The lowest BCUT2D eigenvalue weighted by molar-refractivity contribution is -0.136. The van der Waals surface area contributed by atoms with Gasteiger partial charge in [0, 0.05) is 11.4 Å². The van der Waals surface area contributed by atoms with Gasteiger partial charge in [-0.25, -0.2) is 4.98 Å². The van der Waals surface area contributed by atoms with E-state index in [4.69, 9.17) is 16.7 Å². The molecule has 0 fully saturated rings. The Balaban J connectivity index is 2.40. The molecular formula is C16H18ClFN2O2. The van der Waals surface area contributed by atoms with Gasteiger partial charge in [0.2, 0.25) is 5.95 Å². The van der Waals surface area contributed by atoms with Crippen molar-refractivity contribution in [1.29, 1.82) is 0 Å². The zero-order chi connectivity index (χ0) is 16.1. The zero-order valence-corrected chi connectivity index (χ0v) is 13.1. The number of hydrogen-bond donors (Lipinski definition) is 1. The van der Waals surface area contributed by atoms with Crippen LogP contribution in [0.3, 0.4) is 0 Å². The molecule has 1 aromatic carbocycles. The number of halogens is 2. The highest BCUT2D eigenvalue weighted by atomic mass is 35.5. The topological polar surface area (TPSA) is 55.1 Å². The largest absolute Gasteiger partial charge is 0.481 e. The lowest BCUT2D eigenvalue weighted by Crippen LogP contribution is -2.13. The summed E-state index contributed by atoms with van der Waals surface area (Å²) in [6, 6.07) is 7.26. The van der Waals surface area contributed by atoms with Crippen molar-refractivity contribution in [1.82, 2.24) is 9.55 Å². The van der Waals surface area contributed by atoms with Crippen LogP contribution in [0, 0.1) is 5.95 Å². The molecule has 118 valence electrons. The molecule has 6 heteroatoms. The van der Waals surface area contributed by atoms with E-state index in [1.807, 2.05) is 25.1 Å². The Morgan fingerprint density at radius 2 is 2.14 bits per heavy atom. The normalized spacial score (nSPS) is 10.9. The Morgan fingerprint density at radius 1 is 1.41 bits per heavy atom. The van der Waals surface area contributed by atoms with Crippen LogP contribution >= 0.6 is 11.6 Å². The van der Waals surface area contributed by atoms with E-state index in [1.54, 1.807) is 10.6 Å². The van der Waals surface area contributed by atoms with E-state index in [0.717, 1.165) is 18.4 Å². The molecule has 0 amide bonds. The number of aromatic nitrogens is 2. The van der Waals surface area contributed by atoms with E-state index in [1.165, 1.54) is 0 Å². The van der Waals surface area contributed by atoms with Crippen molar-refractivity contribution in [3.63, 3.8) is 0 Å². The minimum absolute atomic E-state index is 0.0959. The molecule has 2 rings (SSSR count). The predicted octanol–water partition coefficient (Wildman–Crippen LogP) is 3.69. The quantitative estimate of drug-likeness (QED) is 0.845. The third-order valence-electron chi connectivity index (χ3n) is 3.46. The van der Waals surface area contributed by atoms with Gasteiger partial charge in [-0.1, -0.05) is 43.1 Å². The van der Waals surface area contributed by atoms with E-state index in [0.29, 0.717) is 23.8 Å². The molecule has 0 atom stereocenters. The molecule has 0 aliphatic carbocycles. The molecule has 0 unspecified atom stereocenters. The average Bonchev–Trinajstić information content (AvgIpc) is 2.75. The van der Waals surface area contributed by atoms with Gasteiger partial charge in [0.15, 0.2) is 0 Å². The van der Waals surface area contributed by atoms with Crippen LogP contribution in [0.2, 0.25) is 5.02 Å². The Morgan fingerprint density at radius 3 is 2.77 bits per heavy atom. The number of carboxylic acid groups (broad SMARTS) is 1. The smallest absolute Gasteiger partial charge is 0.309 e. The Labute approximate surface area is 133 Å². The Hall–Kier alpha value is -1.88. The van der Waals surface area contributed by atoms with Crippen LogP contribution in [-0.2, 0) is 24.2 Å². The second-order valence-electron chi connectivity index (χ2n) is 5.12. The van der Waals surface area contributed by atoms with Crippen LogP contribution in [-0.4, -0.2) is 20.6 Å². The van der Waals surface area contributed by atoms with Crippen molar-refractivity contribution in [2.75, 3.05) is 0 Å². The van der Waals surface area contributed by atoms with Crippen LogP contribution in [0.5, 0.6) is 0 Å². The number of hydrogen-bond acceptors (Lipinski definition) is 2. The van der Waals surface area contributed by atoms with Gasteiger partial charge in [0.1, 0.15) is 5.82 Å². The van der Waals surface area contributed by atoms with E-state index in [2.05, 4.69) is 4.98 Å². The maximum atomic E-state index is 14.0. The van der Waals surface area contributed by atoms with Crippen LogP contribution in [0.15, 0.2) is 24.3 Å². The lowest BCUT2D eigenvalue weighted by Gasteiger charge is -2.12. The van der Waals surface area contributed by atoms with E-state index in [9.17, 15) is 9.18 Å². The number of unbranched alkanes of at least 4 members (excludes halogenated alkanes) is 1. The molecule has 0 radical (unpaired) electrons. The maximum Gasteiger partial charge on any atom is 0.309 e. The molecule has 1 N–H and O–H groups in total. The van der Waals surface area contributed by atoms with Crippen molar-refractivity contribution in [3.05, 3.63) is 52.3 Å². The summed E-state index contributed by atoms with van der Waals surface area (Å²) in [6.45, 7) is 2.36. The molecule has 2 aromatic rings. The number of nitrogens with zero attached hydrogens (tertiary/aromatic N) is 2. The molecule has 0 saturated carbocycles. The third-order valence-corrected chi connectivity index (χ3v) is 3.83. The standard InChI is InChI=1S/C16H18ClFN2O2/c1-2-3-8-14-19-16(18)13(9-15(21)22)20(14)10-11-6-4-5-7-12(11)17/h4-7H,2-3,8-10H2,1H3,(H,21,22). The van der Waals surface area contributed by atoms with Gasteiger partial charge in [-0.15, -0.1) is 0 Å². The van der Waals surface area contributed by atoms with Crippen molar-refractivity contribution >= 4 is 17.6 Å². The van der Waals surface area contributed by atoms with Crippen molar-refractivity contribution in [3.8, 4) is 0 Å². The van der Waals surface area contributed by atoms with Crippen LogP contribution < -0.4 is 0 Å². The molecular weight excluding hydrogens is 307 g/mol. The number of carboxylic acids is 1. The number of imidazole rings is 1. The first-order valence-electron chi connectivity index (χ1n) is 7.22. The fourth-order valence-electron chi connectivity index (χ4n) is 2.33. The lowest BCUT2D eigenvalue weighted by atomic mass is 10.2. The van der Waals surface area contributed by atoms with Gasteiger partial charge >= 0.3 is 5.97 Å². The molecule has 0 aliphatic rings. The number of benzene rings is 1. The Kier molecular flexibility index (Phi) is 5.55. The number of carbonyl (C=O) groups is 1. The van der Waals surface area contributed by atoms with Gasteiger partial charge < -0.3 is 9.67 Å². The van der Waals surface area contributed by atoms with Gasteiger partial charge in [-0.05, 0) is 18.1 Å². The predicted molar refractivity (Wildman–Crippen MR) is 82.7 cm³/mol. The number of rotatable bonds is 7. The SMILES string of the molecule is CCCCc1nc(F)c(CC(=O)O)n1Cc1ccccc1Cl. The molecule has 1 heterocycles. The van der Waals surface area contributed by atoms with Gasteiger partial charge in [0.25, 0.3) is 0 Å². The monoisotopic (exact) mass is 324 g/mol. The number of aryl methyl sites for hydroxylation is 1. The summed E-state index contributed by atoms with van der Waals surface area (Å²) < 4.78 is 15.7. The first-order valence-corrected chi connectivity index (χ1v) is 7.59. The fraction of sp³-hybridized carbons (Fsp3) is 0.375. The van der Waals surface area contributed by atoms with Crippen molar-refractivity contribution < 1.29 is 14.3 Å². The first kappa shape index (κ1) is 16.5. The van der Waals surface area contributed by atoms with Crippen LogP contribution in [0.25, 0.3) is 0 Å². The highest BCUT2D eigenvalue weighted by molar-refractivity contribution is 6.31. The fourth-order valence-corrected chi connectivity index (χ4v) is 2.52. The first-order chi connectivity index (χ1) is 10.5. The molecule has 1 aromatic heterocycles. The third kappa shape index (κ3) is 3.85. The molecule has 0 spiro atoms. The van der Waals surface area contributed by atoms with Crippen molar-refractivity contribution in [2.45, 2.75) is 39.2 Å². The van der Waals surface area contributed by atoms with E-state index < -0.39 is 18.3 Å². The summed E-state index contributed by atoms with van der Waals surface area (Å²) in [5.41, 5.74) is 0.907. The second-order valence-corrected chi connectivity index (χ2v) is 5.52. The highest BCUT2D eigenvalue weighted by Gasteiger charge is 2.20. The maximum absolute atomic E-state index is 14.0. The summed E-state index contributed by atoms with van der Waals surface area (Å²) in [7, 11) is 0. The zero-order valence-electron chi connectivity index (χ0n) is 12.4. The van der Waals surface area contributed by atoms with Crippen LogP contribution in [0.1, 0.15) is 36.8 Å². The van der Waals surface area contributed by atoms with Crippen molar-refractivity contribution in [2.24, 2.45) is 0 Å². The molecule has 22 heavy (non-hydrogen) atoms. The van der Waals surface area contributed by atoms with Gasteiger partial charge in [-0.3, -0.25) is 4.79 Å². The summed E-state index contributed by atoms with van der Waals surface area (Å²) in [6.07, 6.45) is 2.03. The summed E-state index contributed by atoms with van der Waals surface area (Å²) in [5.74, 6) is -1.22. The molecule has 0 bridgehead atoms. The summed E-state index contributed by atoms with van der Waals surface area (Å²) in [5, 5.41) is 9.56.